The molecule has 30 heavy (non-hydrogen) atoms. The standard InChI is InChI=1S/C22H26F2N2O3S/c1-14-7-9-18(30(28,29)26-11-5-4-6-15(26)2)13-19(14)22(27)25-16(3)17-8-10-20(23)21(24)12-17/h7-10,12-13,15-16H,4-6,11H2,1-3H3,(H,25,27). The molecular weight excluding hydrogens is 410 g/mol. The largest absolute Gasteiger partial charge is 0.346 e. The van der Waals surface area contributed by atoms with Crippen LogP contribution in [-0.2, 0) is 10.0 Å². The highest BCUT2D eigenvalue weighted by Crippen LogP contribution is 2.27. The van der Waals surface area contributed by atoms with E-state index >= 15 is 0 Å². The summed E-state index contributed by atoms with van der Waals surface area (Å²) in [5, 5.41) is 2.73. The predicted molar refractivity (Wildman–Crippen MR) is 111 cm³/mol. The molecule has 0 radical (unpaired) electrons. The SMILES string of the molecule is Cc1ccc(S(=O)(=O)N2CCCCC2C)cc1C(=O)NC(C)c1ccc(F)c(F)c1. The van der Waals surface area contributed by atoms with E-state index in [0.29, 0.717) is 17.7 Å². The summed E-state index contributed by atoms with van der Waals surface area (Å²) in [4.78, 5) is 12.9. The van der Waals surface area contributed by atoms with Crippen LogP contribution in [0.3, 0.4) is 0 Å². The molecule has 0 spiro atoms. The lowest BCUT2D eigenvalue weighted by molar-refractivity contribution is 0.0939. The maximum atomic E-state index is 13.5. The number of benzene rings is 2. The Hall–Kier alpha value is -2.32. The quantitative estimate of drug-likeness (QED) is 0.759. The summed E-state index contributed by atoms with van der Waals surface area (Å²) in [6.45, 7) is 5.72. The minimum absolute atomic E-state index is 0.0764. The Labute approximate surface area is 176 Å². The van der Waals surface area contributed by atoms with Gasteiger partial charge in [0.05, 0.1) is 10.9 Å². The minimum atomic E-state index is -3.71. The van der Waals surface area contributed by atoms with Crippen LogP contribution in [0.2, 0.25) is 0 Å². The lowest BCUT2D eigenvalue weighted by atomic mass is 10.1. The molecule has 3 rings (SSSR count). The number of carbonyl (C=O) groups is 1. The van der Waals surface area contributed by atoms with E-state index in [2.05, 4.69) is 5.32 Å². The third-order valence-electron chi connectivity index (χ3n) is 5.59. The second-order valence-electron chi connectivity index (χ2n) is 7.81. The van der Waals surface area contributed by atoms with Crippen LogP contribution < -0.4 is 5.32 Å². The van der Waals surface area contributed by atoms with E-state index in [1.54, 1.807) is 19.9 Å². The number of halogens is 2. The second kappa shape index (κ2) is 8.81. The van der Waals surface area contributed by atoms with Crippen molar-refractivity contribution in [2.75, 3.05) is 6.54 Å². The third kappa shape index (κ3) is 4.54. The highest BCUT2D eigenvalue weighted by molar-refractivity contribution is 7.89. The van der Waals surface area contributed by atoms with Gasteiger partial charge in [-0.2, -0.15) is 4.31 Å². The maximum Gasteiger partial charge on any atom is 0.252 e. The Morgan fingerprint density at radius 3 is 2.53 bits per heavy atom. The first kappa shape index (κ1) is 22.4. The van der Waals surface area contributed by atoms with Crippen molar-refractivity contribution in [3.63, 3.8) is 0 Å². The van der Waals surface area contributed by atoms with E-state index in [0.717, 1.165) is 31.4 Å². The molecule has 1 amide bonds. The van der Waals surface area contributed by atoms with E-state index in [1.165, 1.54) is 22.5 Å². The molecule has 2 aromatic rings. The topological polar surface area (TPSA) is 66.5 Å². The van der Waals surface area contributed by atoms with Gasteiger partial charge in [-0.1, -0.05) is 18.6 Å². The van der Waals surface area contributed by atoms with Crippen LogP contribution in [0.25, 0.3) is 0 Å². The number of aryl methyl sites for hydroxylation is 1. The molecule has 1 fully saturated rings. The monoisotopic (exact) mass is 436 g/mol. The summed E-state index contributed by atoms with van der Waals surface area (Å²) in [6.07, 6.45) is 2.62. The van der Waals surface area contributed by atoms with E-state index in [1.807, 2.05) is 6.92 Å². The number of hydrogen-bond donors (Lipinski definition) is 1. The van der Waals surface area contributed by atoms with Gasteiger partial charge in [0.2, 0.25) is 10.0 Å². The van der Waals surface area contributed by atoms with Crippen molar-refractivity contribution in [3.8, 4) is 0 Å². The zero-order valence-electron chi connectivity index (χ0n) is 17.3. The number of amides is 1. The Bertz CT molecular complexity index is 1060. The summed E-state index contributed by atoms with van der Waals surface area (Å²) in [5.74, 6) is -2.43. The van der Waals surface area contributed by atoms with E-state index < -0.39 is 33.6 Å². The number of hydrogen-bond acceptors (Lipinski definition) is 3. The molecular formula is C22H26F2N2O3S. The molecule has 0 bridgehead atoms. The first-order chi connectivity index (χ1) is 14.1. The third-order valence-corrected chi connectivity index (χ3v) is 7.60. The molecule has 2 unspecified atom stereocenters. The van der Waals surface area contributed by atoms with Gasteiger partial charge < -0.3 is 5.32 Å². The van der Waals surface area contributed by atoms with Crippen molar-refractivity contribution in [2.24, 2.45) is 0 Å². The van der Waals surface area contributed by atoms with Crippen LogP contribution in [-0.4, -0.2) is 31.2 Å². The molecule has 1 aliphatic heterocycles. The molecule has 1 saturated heterocycles. The van der Waals surface area contributed by atoms with Gasteiger partial charge in [-0.05, 0) is 69.0 Å². The lowest BCUT2D eigenvalue weighted by Crippen LogP contribution is -2.42. The van der Waals surface area contributed by atoms with Gasteiger partial charge in [0, 0.05) is 18.2 Å². The Kier molecular flexibility index (Phi) is 6.57. The average molecular weight is 437 g/mol. The molecule has 0 saturated carbocycles. The van der Waals surface area contributed by atoms with Gasteiger partial charge in [0.25, 0.3) is 5.91 Å². The molecule has 2 atom stereocenters. The summed E-state index contributed by atoms with van der Waals surface area (Å²) in [6, 6.07) is 7.27. The fourth-order valence-electron chi connectivity index (χ4n) is 3.71. The van der Waals surface area contributed by atoms with Crippen LogP contribution in [0.15, 0.2) is 41.3 Å². The fraction of sp³-hybridized carbons (Fsp3) is 0.409. The van der Waals surface area contributed by atoms with Crippen LogP contribution in [0, 0.1) is 18.6 Å². The van der Waals surface area contributed by atoms with E-state index in [4.69, 9.17) is 0 Å². The number of nitrogens with one attached hydrogen (secondary N) is 1. The second-order valence-corrected chi connectivity index (χ2v) is 9.70. The van der Waals surface area contributed by atoms with Crippen molar-refractivity contribution in [1.82, 2.24) is 9.62 Å². The molecule has 1 N–H and O–H groups in total. The molecule has 5 nitrogen and oxygen atoms in total. The van der Waals surface area contributed by atoms with Gasteiger partial charge in [-0.25, -0.2) is 17.2 Å². The molecule has 1 heterocycles. The molecule has 8 heteroatoms. The number of sulfonamides is 1. The minimum Gasteiger partial charge on any atom is -0.346 e. The number of piperidine rings is 1. The summed E-state index contributed by atoms with van der Waals surface area (Å²) in [5.41, 5.74) is 1.26. The average Bonchev–Trinajstić information content (AvgIpc) is 2.70. The zero-order chi connectivity index (χ0) is 22.1. The predicted octanol–water partition coefficient (Wildman–Crippen LogP) is 4.33. The lowest BCUT2D eigenvalue weighted by Gasteiger charge is -2.32. The van der Waals surface area contributed by atoms with Crippen LogP contribution in [0.4, 0.5) is 8.78 Å². The Morgan fingerprint density at radius 2 is 1.87 bits per heavy atom. The first-order valence-corrected chi connectivity index (χ1v) is 11.4. The van der Waals surface area contributed by atoms with Gasteiger partial charge in [0.1, 0.15) is 0 Å². The van der Waals surface area contributed by atoms with Crippen molar-refractivity contribution < 1.29 is 22.0 Å². The summed E-state index contributed by atoms with van der Waals surface area (Å²) in [7, 11) is -3.71. The summed E-state index contributed by atoms with van der Waals surface area (Å²) < 4.78 is 54.4. The van der Waals surface area contributed by atoms with Gasteiger partial charge in [-0.15, -0.1) is 0 Å². The number of rotatable bonds is 5. The van der Waals surface area contributed by atoms with Crippen molar-refractivity contribution in [1.29, 1.82) is 0 Å². The van der Waals surface area contributed by atoms with Gasteiger partial charge >= 0.3 is 0 Å². The Balaban J connectivity index is 1.85. The normalized spacial score (nSPS) is 18.8. The number of carbonyl (C=O) groups excluding carboxylic acids is 1. The van der Waals surface area contributed by atoms with Crippen LogP contribution in [0.1, 0.15) is 60.6 Å². The van der Waals surface area contributed by atoms with Gasteiger partial charge in [0.15, 0.2) is 11.6 Å². The summed E-state index contributed by atoms with van der Waals surface area (Å²) >= 11 is 0. The number of nitrogens with zero attached hydrogens (tertiary/aromatic N) is 1. The molecule has 1 aliphatic rings. The molecule has 0 aromatic heterocycles. The van der Waals surface area contributed by atoms with Crippen LogP contribution in [0.5, 0.6) is 0 Å². The molecule has 162 valence electrons. The smallest absolute Gasteiger partial charge is 0.252 e. The molecule has 0 aliphatic carbocycles. The maximum absolute atomic E-state index is 13.5. The van der Waals surface area contributed by atoms with E-state index in [9.17, 15) is 22.0 Å². The van der Waals surface area contributed by atoms with Crippen molar-refractivity contribution >= 4 is 15.9 Å². The first-order valence-electron chi connectivity index (χ1n) is 9.99. The zero-order valence-corrected chi connectivity index (χ0v) is 18.1. The fourth-order valence-corrected chi connectivity index (χ4v) is 5.44. The van der Waals surface area contributed by atoms with E-state index in [-0.39, 0.29) is 16.5 Å². The van der Waals surface area contributed by atoms with Crippen LogP contribution >= 0.6 is 0 Å². The highest BCUT2D eigenvalue weighted by atomic mass is 32.2. The highest BCUT2D eigenvalue weighted by Gasteiger charge is 2.31. The Morgan fingerprint density at radius 1 is 1.13 bits per heavy atom. The molecule has 2 aromatic carbocycles. The van der Waals surface area contributed by atoms with Gasteiger partial charge in [-0.3, -0.25) is 4.79 Å². The van der Waals surface area contributed by atoms with Crippen molar-refractivity contribution in [2.45, 2.75) is 57.0 Å². The van der Waals surface area contributed by atoms with Crippen molar-refractivity contribution in [3.05, 3.63) is 64.7 Å².